The maximum absolute atomic E-state index is 12.7. The number of pyridine rings is 1. The Morgan fingerprint density at radius 1 is 1.06 bits per heavy atom. The number of halogens is 3. The number of carbonyl (C=O) groups excluding carboxylic acids is 2. The Hall–Kier alpha value is -3.10. The normalized spacial score (nSPS) is 15.9. The van der Waals surface area contributed by atoms with E-state index in [2.05, 4.69) is 10.3 Å². The Kier molecular flexibility index (Phi) is 7.14. The molecule has 6 nitrogen and oxygen atoms in total. The molecule has 2 aromatic rings. The number of amides is 2. The van der Waals surface area contributed by atoms with Crippen molar-refractivity contribution in [2.75, 3.05) is 31.1 Å². The fourth-order valence-corrected chi connectivity index (χ4v) is 3.48. The molecule has 3 rings (SSSR count). The van der Waals surface area contributed by atoms with Gasteiger partial charge in [0.1, 0.15) is 5.82 Å². The fraction of sp³-hybridized carbons (Fsp3) is 0.409. The summed E-state index contributed by atoms with van der Waals surface area (Å²) in [5.41, 5.74) is -0.245. The van der Waals surface area contributed by atoms with Crippen LogP contribution in [0, 0.1) is 0 Å². The van der Waals surface area contributed by atoms with E-state index in [1.54, 1.807) is 36.1 Å². The van der Waals surface area contributed by atoms with Crippen LogP contribution in [0.3, 0.4) is 0 Å². The van der Waals surface area contributed by atoms with E-state index in [0.717, 1.165) is 12.3 Å². The Labute approximate surface area is 179 Å². The first kappa shape index (κ1) is 22.6. The van der Waals surface area contributed by atoms with Crippen molar-refractivity contribution in [3.05, 3.63) is 59.8 Å². The second kappa shape index (κ2) is 9.80. The topological polar surface area (TPSA) is 65.5 Å². The smallest absolute Gasteiger partial charge is 0.355 e. The van der Waals surface area contributed by atoms with Gasteiger partial charge in [-0.1, -0.05) is 18.2 Å². The molecule has 31 heavy (non-hydrogen) atoms. The van der Waals surface area contributed by atoms with Crippen molar-refractivity contribution in [1.29, 1.82) is 0 Å². The average molecular weight is 434 g/mol. The van der Waals surface area contributed by atoms with Gasteiger partial charge < -0.3 is 15.1 Å². The van der Waals surface area contributed by atoms with Gasteiger partial charge in [0.05, 0.1) is 5.56 Å². The summed E-state index contributed by atoms with van der Waals surface area (Å²) >= 11 is 0. The number of hydrogen-bond donors (Lipinski definition) is 1. The summed E-state index contributed by atoms with van der Waals surface area (Å²) < 4.78 is 38.2. The quantitative estimate of drug-likeness (QED) is 0.784. The fourth-order valence-electron chi connectivity index (χ4n) is 3.48. The lowest BCUT2D eigenvalue weighted by molar-refractivity contribution is -0.137. The van der Waals surface area contributed by atoms with Crippen molar-refractivity contribution in [1.82, 2.24) is 15.2 Å². The molecular formula is C22H25F3N4O2. The Balaban J connectivity index is 1.51. The molecule has 1 aromatic carbocycles. The van der Waals surface area contributed by atoms with Crippen LogP contribution in [-0.2, 0) is 11.0 Å². The zero-order chi connectivity index (χ0) is 22.4. The molecule has 1 fully saturated rings. The molecule has 0 bridgehead atoms. The van der Waals surface area contributed by atoms with Crippen molar-refractivity contribution in [2.24, 2.45) is 0 Å². The van der Waals surface area contributed by atoms with E-state index in [-0.39, 0.29) is 24.3 Å². The van der Waals surface area contributed by atoms with E-state index in [4.69, 9.17) is 0 Å². The number of anilines is 1. The number of aromatic nitrogens is 1. The van der Waals surface area contributed by atoms with Crippen LogP contribution >= 0.6 is 0 Å². The van der Waals surface area contributed by atoms with Crippen molar-refractivity contribution in [2.45, 2.75) is 32.0 Å². The third-order valence-electron chi connectivity index (χ3n) is 5.14. The molecule has 1 saturated heterocycles. The number of alkyl halides is 3. The summed E-state index contributed by atoms with van der Waals surface area (Å²) in [4.78, 5) is 32.5. The predicted molar refractivity (Wildman–Crippen MR) is 111 cm³/mol. The van der Waals surface area contributed by atoms with Crippen LogP contribution in [0.25, 0.3) is 0 Å². The van der Waals surface area contributed by atoms with Crippen LogP contribution in [-0.4, -0.2) is 53.9 Å². The summed E-state index contributed by atoms with van der Waals surface area (Å²) in [6.07, 6.45) is -2.73. The molecule has 9 heteroatoms. The van der Waals surface area contributed by atoms with Gasteiger partial charge in [0.15, 0.2) is 0 Å². The summed E-state index contributed by atoms with van der Waals surface area (Å²) in [5, 5.41) is 2.84. The molecule has 0 radical (unpaired) electrons. The lowest BCUT2D eigenvalue weighted by Gasteiger charge is -2.24. The standard InChI is InChI=1S/C22H25F3N4O2/c1-16(27-21(31)17-6-3-2-4-7-17)14-20(30)29-11-5-10-28(12-13-29)19-9-8-18(15-26-19)22(23,24)25/h2-4,6-9,15-16H,5,10-14H2,1H3,(H,27,31). The van der Waals surface area contributed by atoms with E-state index in [1.165, 1.54) is 6.07 Å². The molecule has 166 valence electrons. The minimum Gasteiger partial charge on any atom is -0.355 e. The monoisotopic (exact) mass is 434 g/mol. The van der Waals surface area contributed by atoms with Crippen molar-refractivity contribution < 1.29 is 22.8 Å². The maximum atomic E-state index is 12.7. The van der Waals surface area contributed by atoms with Gasteiger partial charge >= 0.3 is 6.18 Å². The highest BCUT2D eigenvalue weighted by molar-refractivity contribution is 5.94. The zero-order valence-corrected chi connectivity index (χ0v) is 17.2. The molecule has 1 unspecified atom stereocenters. The van der Waals surface area contributed by atoms with Gasteiger partial charge in [-0.3, -0.25) is 9.59 Å². The molecule has 1 aromatic heterocycles. The first-order chi connectivity index (χ1) is 14.7. The highest BCUT2D eigenvalue weighted by Gasteiger charge is 2.31. The van der Waals surface area contributed by atoms with Crippen molar-refractivity contribution >= 4 is 17.6 Å². The minimum atomic E-state index is -4.42. The molecule has 1 aliphatic heterocycles. The summed E-state index contributed by atoms with van der Waals surface area (Å²) in [7, 11) is 0. The maximum Gasteiger partial charge on any atom is 0.417 e. The van der Waals surface area contributed by atoms with Crippen molar-refractivity contribution in [3.63, 3.8) is 0 Å². The number of nitrogens with one attached hydrogen (secondary N) is 1. The van der Waals surface area contributed by atoms with E-state index in [0.29, 0.717) is 44.0 Å². The van der Waals surface area contributed by atoms with Gasteiger partial charge in [-0.25, -0.2) is 4.98 Å². The number of rotatable bonds is 5. The zero-order valence-electron chi connectivity index (χ0n) is 17.2. The molecule has 2 amide bonds. The SMILES string of the molecule is CC(CC(=O)N1CCCN(c2ccc(C(F)(F)F)cn2)CC1)NC(=O)c1ccccc1. The van der Waals surface area contributed by atoms with Crippen LogP contribution in [0.2, 0.25) is 0 Å². The van der Waals surface area contributed by atoms with Crippen LogP contribution in [0.1, 0.15) is 35.7 Å². The minimum absolute atomic E-state index is 0.0666. The van der Waals surface area contributed by atoms with Crippen LogP contribution < -0.4 is 10.2 Å². The molecule has 1 aliphatic rings. The third kappa shape index (κ3) is 6.19. The highest BCUT2D eigenvalue weighted by atomic mass is 19.4. The first-order valence-corrected chi connectivity index (χ1v) is 10.2. The van der Waals surface area contributed by atoms with Crippen molar-refractivity contribution in [3.8, 4) is 0 Å². The number of nitrogens with zero attached hydrogens (tertiary/aromatic N) is 3. The number of benzene rings is 1. The first-order valence-electron chi connectivity index (χ1n) is 10.2. The van der Waals surface area contributed by atoms with Crippen LogP contribution in [0.5, 0.6) is 0 Å². The number of carbonyl (C=O) groups is 2. The Morgan fingerprint density at radius 3 is 2.45 bits per heavy atom. The average Bonchev–Trinajstić information content (AvgIpc) is 3.00. The Morgan fingerprint density at radius 2 is 1.81 bits per heavy atom. The Bertz CT molecular complexity index is 888. The van der Waals surface area contributed by atoms with Crippen LogP contribution in [0.15, 0.2) is 48.7 Å². The molecule has 2 heterocycles. The lowest BCUT2D eigenvalue weighted by Crippen LogP contribution is -2.40. The third-order valence-corrected chi connectivity index (χ3v) is 5.14. The molecular weight excluding hydrogens is 409 g/mol. The van der Waals surface area contributed by atoms with Gasteiger partial charge in [-0.2, -0.15) is 13.2 Å². The second-order valence-corrected chi connectivity index (χ2v) is 7.57. The van der Waals surface area contributed by atoms with Gasteiger partial charge in [0, 0.05) is 50.4 Å². The van der Waals surface area contributed by atoms with E-state index in [9.17, 15) is 22.8 Å². The molecule has 0 aliphatic carbocycles. The van der Waals surface area contributed by atoms with E-state index >= 15 is 0 Å². The lowest BCUT2D eigenvalue weighted by atomic mass is 10.1. The molecule has 0 saturated carbocycles. The highest BCUT2D eigenvalue weighted by Crippen LogP contribution is 2.29. The summed E-state index contributed by atoms with van der Waals surface area (Å²) in [6, 6.07) is 10.9. The van der Waals surface area contributed by atoms with Gasteiger partial charge in [0.25, 0.3) is 5.91 Å². The summed E-state index contributed by atoms with van der Waals surface area (Å²) in [6.45, 7) is 3.86. The summed E-state index contributed by atoms with van der Waals surface area (Å²) in [5.74, 6) is 0.171. The van der Waals surface area contributed by atoms with E-state index in [1.807, 2.05) is 11.0 Å². The molecule has 1 N–H and O–H groups in total. The molecule has 1 atom stereocenters. The second-order valence-electron chi connectivity index (χ2n) is 7.57. The largest absolute Gasteiger partial charge is 0.417 e. The van der Waals surface area contributed by atoms with Gasteiger partial charge in [-0.05, 0) is 37.6 Å². The number of hydrogen-bond acceptors (Lipinski definition) is 4. The molecule has 0 spiro atoms. The predicted octanol–water partition coefficient (Wildman–Crippen LogP) is 3.35. The van der Waals surface area contributed by atoms with Gasteiger partial charge in [-0.15, -0.1) is 0 Å². The van der Waals surface area contributed by atoms with Gasteiger partial charge in [0.2, 0.25) is 5.91 Å². The van der Waals surface area contributed by atoms with E-state index < -0.39 is 11.7 Å². The van der Waals surface area contributed by atoms with Crippen LogP contribution in [0.4, 0.5) is 19.0 Å².